The van der Waals surface area contributed by atoms with Crippen LogP contribution in [-0.2, 0) is 11.2 Å². The summed E-state index contributed by atoms with van der Waals surface area (Å²) in [7, 11) is 0. The second-order valence-electron chi connectivity index (χ2n) is 4.07. The molecule has 0 saturated carbocycles. The summed E-state index contributed by atoms with van der Waals surface area (Å²) in [6, 6.07) is 5.86. The van der Waals surface area contributed by atoms with Gasteiger partial charge in [-0.15, -0.1) is 0 Å². The Labute approximate surface area is 107 Å². The molecule has 18 heavy (non-hydrogen) atoms. The molecule has 0 aliphatic rings. The number of benzene rings is 1. The third-order valence-electron chi connectivity index (χ3n) is 2.53. The molecule has 1 aromatic rings. The predicted octanol–water partition coefficient (Wildman–Crippen LogP) is 1.76. The van der Waals surface area contributed by atoms with E-state index < -0.39 is 0 Å². The molecule has 4 N–H and O–H groups in total. The summed E-state index contributed by atoms with van der Waals surface area (Å²) in [6.07, 6.45) is 5.27. The molecule has 0 atom stereocenters. The van der Waals surface area contributed by atoms with Gasteiger partial charge in [0.25, 0.3) is 5.91 Å². The second kappa shape index (κ2) is 6.59. The number of aryl methyl sites for hydroxylation is 1. The van der Waals surface area contributed by atoms with Crippen LogP contribution < -0.4 is 11.5 Å². The largest absolute Gasteiger partial charge is 0.370 e. The molecular weight excluding hydrogens is 226 g/mol. The number of nitrogens with zero attached hydrogens (tertiary/aromatic N) is 1. The quantitative estimate of drug-likeness (QED) is 0.626. The minimum atomic E-state index is -0.327. The smallest absolute Gasteiger partial charge is 0.253 e. The Morgan fingerprint density at radius 2 is 2.11 bits per heavy atom. The van der Waals surface area contributed by atoms with Gasteiger partial charge in [0.15, 0.2) is 5.96 Å². The molecule has 0 aromatic heterocycles. The van der Waals surface area contributed by atoms with Crippen molar-refractivity contribution in [1.29, 1.82) is 0 Å². The number of hydrogen-bond donors (Lipinski definition) is 2. The SMILES string of the molecule is CC/C=C\c1c(C)cccc1CC(=O)N=C(N)N. The van der Waals surface area contributed by atoms with Crippen molar-refractivity contribution >= 4 is 17.9 Å². The Balaban J connectivity index is 3.02. The lowest BCUT2D eigenvalue weighted by atomic mass is 9.98. The van der Waals surface area contributed by atoms with E-state index in [2.05, 4.69) is 18.0 Å². The van der Waals surface area contributed by atoms with Crippen LogP contribution in [0.25, 0.3) is 6.08 Å². The number of allylic oxidation sites excluding steroid dienone is 1. The van der Waals surface area contributed by atoms with Crippen molar-refractivity contribution in [3.63, 3.8) is 0 Å². The number of carbonyl (C=O) groups excluding carboxylic acids is 1. The monoisotopic (exact) mass is 245 g/mol. The highest BCUT2D eigenvalue weighted by molar-refractivity contribution is 5.92. The van der Waals surface area contributed by atoms with E-state index in [9.17, 15) is 4.79 Å². The number of aliphatic imine (C=N–C) groups is 1. The molecule has 0 fully saturated rings. The molecule has 0 unspecified atom stereocenters. The van der Waals surface area contributed by atoms with Crippen molar-refractivity contribution in [2.75, 3.05) is 0 Å². The fourth-order valence-electron chi connectivity index (χ4n) is 1.72. The second-order valence-corrected chi connectivity index (χ2v) is 4.07. The average molecular weight is 245 g/mol. The number of carbonyl (C=O) groups is 1. The van der Waals surface area contributed by atoms with Crippen molar-refractivity contribution < 1.29 is 4.79 Å². The molecule has 1 aromatic carbocycles. The highest BCUT2D eigenvalue weighted by Gasteiger charge is 2.07. The molecule has 0 saturated heterocycles. The third kappa shape index (κ3) is 4.05. The van der Waals surface area contributed by atoms with E-state index in [1.54, 1.807) is 0 Å². The fraction of sp³-hybridized carbons (Fsp3) is 0.286. The molecule has 0 bridgehead atoms. The first-order valence-corrected chi connectivity index (χ1v) is 5.92. The zero-order valence-corrected chi connectivity index (χ0v) is 10.8. The summed E-state index contributed by atoms with van der Waals surface area (Å²) in [5, 5.41) is 0. The van der Waals surface area contributed by atoms with Crippen LogP contribution in [0.1, 0.15) is 30.0 Å². The van der Waals surface area contributed by atoms with Crippen LogP contribution in [0.5, 0.6) is 0 Å². The molecule has 0 spiro atoms. The normalized spacial score (nSPS) is 10.6. The Kier molecular flexibility index (Phi) is 5.11. The molecule has 0 heterocycles. The molecule has 0 radical (unpaired) electrons. The van der Waals surface area contributed by atoms with E-state index >= 15 is 0 Å². The van der Waals surface area contributed by atoms with Gasteiger partial charge in [-0.3, -0.25) is 4.79 Å². The minimum Gasteiger partial charge on any atom is -0.370 e. The highest BCUT2D eigenvalue weighted by atomic mass is 16.1. The summed E-state index contributed by atoms with van der Waals surface area (Å²) in [6.45, 7) is 4.09. The first-order valence-electron chi connectivity index (χ1n) is 5.92. The maximum absolute atomic E-state index is 11.6. The molecule has 96 valence electrons. The van der Waals surface area contributed by atoms with Crippen LogP contribution in [0.4, 0.5) is 0 Å². The van der Waals surface area contributed by atoms with Gasteiger partial charge in [-0.05, 0) is 30.0 Å². The van der Waals surface area contributed by atoms with Crippen molar-refractivity contribution in [2.24, 2.45) is 16.5 Å². The van der Waals surface area contributed by atoms with Crippen LogP contribution >= 0.6 is 0 Å². The van der Waals surface area contributed by atoms with Crippen molar-refractivity contribution in [3.05, 3.63) is 41.0 Å². The van der Waals surface area contributed by atoms with Gasteiger partial charge in [0.1, 0.15) is 0 Å². The molecule has 4 nitrogen and oxygen atoms in total. The molecule has 0 aliphatic carbocycles. The Morgan fingerprint density at radius 3 is 2.72 bits per heavy atom. The summed E-state index contributed by atoms with van der Waals surface area (Å²) in [4.78, 5) is 15.1. The van der Waals surface area contributed by atoms with Gasteiger partial charge >= 0.3 is 0 Å². The van der Waals surface area contributed by atoms with E-state index in [1.807, 2.05) is 31.2 Å². The number of amides is 1. The van der Waals surface area contributed by atoms with Crippen LogP contribution in [0.2, 0.25) is 0 Å². The predicted molar refractivity (Wildman–Crippen MR) is 75.0 cm³/mol. The van der Waals surface area contributed by atoms with Gasteiger partial charge in [-0.1, -0.05) is 37.3 Å². The standard InChI is InChI=1S/C14H19N3O/c1-3-4-8-12-10(2)6-5-7-11(12)9-13(18)17-14(15)16/h4-8H,3,9H2,1-2H3,(H4,15,16,17,18)/b8-4-. The van der Waals surface area contributed by atoms with Crippen LogP contribution in [0.3, 0.4) is 0 Å². The summed E-state index contributed by atoms with van der Waals surface area (Å²) >= 11 is 0. The van der Waals surface area contributed by atoms with Gasteiger partial charge in [-0.25, -0.2) is 0 Å². The van der Waals surface area contributed by atoms with Gasteiger partial charge in [-0.2, -0.15) is 4.99 Å². The fourth-order valence-corrected chi connectivity index (χ4v) is 1.72. The van der Waals surface area contributed by atoms with Gasteiger partial charge in [0.05, 0.1) is 6.42 Å². The number of hydrogen-bond acceptors (Lipinski definition) is 1. The van der Waals surface area contributed by atoms with Crippen molar-refractivity contribution in [1.82, 2.24) is 0 Å². The Morgan fingerprint density at radius 1 is 1.39 bits per heavy atom. The topological polar surface area (TPSA) is 81.5 Å². The van der Waals surface area contributed by atoms with Gasteiger partial charge in [0, 0.05) is 0 Å². The van der Waals surface area contributed by atoms with Crippen molar-refractivity contribution in [2.45, 2.75) is 26.7 Å². The summed E-state index contributed by atoms with van der Waals surface area (Å²) < 4.78 is 0. The maximum atomic E-state index is 11.6. The number of rotatable bonds is 4. The van der Waals surface area contributed by atoms with E-state index in [0.717, 1.165) is 23.1 Å². The minimum absolute atomic E-state index is 0.196. The zero-order valence-electron chi connectivity index (χ0n) is 10.8. The highest BCUT2D eigenvalue weighted by Crippen LogP contribution is 2.17. The first kappa shape index (κ1) is 14.0. The van der Waals surface area contributed by atoms with E-state index in [4.69, 9.17) is 11.5 Å². The van der Waals surface area contributed by atoms with E-state index in [0.29, 0.717) is 0 Å². The maximum Gasteiger partial charge on any atom is 0.253 e. The summed E-state index contributed by atoms with van der Waals surface area (Å²) in [5.41, 5.74) is 13.5. The molecule has 1 rings (SSSR count). The third-order valence-corrected chi connectivity index (χ3v) is 2.53. The molecule has 0 aliphatic heterocycles. The van der Waals surface area contributed by atoms with Crippen LogP contribution in [-0.4, -0.2) is 11.9 Å². The van der Waals surface area contributed by atoms with Crippen molar-refractivity contribution in [3.8, 4) is 0 Å². The number of guanidine groups is 1. The van der Waals surface area contributed by atoms with Gasteiger partial charge < -0.3 is 11.5 Å². The summed E-state index contributed by atoms with van der Waals surface area (Å²) in [5.74, 6) is -0.523. The zero-order chi connectivity index (χ0) is 13.5. The van der Waals surface area contributed by atoms with Crippen LogP contribution in [0, 0.1) is 6.92 Å². The lowest BCUT2D eigenvalue weighted by Crippen LogP contribution is -2.24. The Bertz CT molecular complexity index is 486. The first-order chi connectivity index (χ1) is 8.54. The van der Waals surface area contributed by atoms with Gasteiger partial charge in [0.2, 0.25) is 0 Å². The van der Waals surface area contributed by atoms with E-state index in [-0.39, 0.29) is 18.3 Å². The lowest BCUT2D eigenvalue weighted by Gasteiger charge is -2.07. The van der Waals surface area contributed by atoms with E-state index in [1.165, 1.54) is 0 Å². The average Bonchev–Trinajstić information content (AvgIpc) is 2.27. The van der Waals surface area contributed by atoms with Crippen LogP contribution in [0.15, 0.2) is 29.3 Å². The number of nitrogens with two attached hydrogens (primary N) is 2. The molecular formula is C14H19N3O. The molecule has 4 heteroatoms. The Hall–Kier alpha value is -2.10. The lowest BCUT2D eigenvalue weighted by molar-refractivity contribution is -0.117. The molecule has 1 amide bonds.